The van der Waals surface area contributed by atoms with Crippen molar-refractivity contribution in [1.82, 2.24) is 15.1 Å². The molecule has 0 spiro atoms. The highest BCUT2D eigenvalue weighted by atomic mass is 16.4. The largest absolute Gasteiger partial charge is 0.451 e. The lowest BCUT2D eigenvalue weighted by atomic mass is 10.1. The summed E-state index contributed by atoms with van der Waals surface area (Å²) in [6.07, 6.45) is 3.88. The molecule has 0 aliphatic carbocycles. The molecule has 1 saturated heterocycles. The van der Waals surface area contributed by atoms with Crippen LogP contribution in [0.25, 0.3) is 22.6 Å². The standard InChI is InChI=1S/C18H17N3O2/c22-18(21-11-1-2-12-21)17-8-7-16(23-17)14-5-3-13(4-6-14)15-9-10-19-20-15/h3-10H,1-2,11-12H2,(H,19,20). The van der Waals surface area contributed by atoms with Gasteiger partial charge in [0.1, 0.15) is 5.76 Å². The quantitative estimate of drug-likeness (QED) is 0.804. The molecule has 1 fully saturated rings. The summed E-state index contributed by atoms with van der Waals surface area (Å²) in [4.78, 5) is 14.2. The second-order valence-electron chi connectivity index (χ2n) is 5.71. The van der Waals surface area contributed by atoms with Gasteiger partial charge in [0.05, 0.1) is 5.69 Å². The summed E-state index contributed by atoms with van der Waals surface area (Å²) in [5, 5.41) is 6.89. The number of furan rings is 1. The minimum absolute atomic E-state index is 0.0113. The number of benzene rings is 1. The van der Waals surface area contributed by atoms with Gasteiger partial charge in [-0.1, -0.05) is 24.3 Å². The number of aromatic nitrogens is 2. The Morgan fingerprint density at radius 3 is 2.43 bits per heavy atom. The Hall–Kier alpha value is -2.82. The maximum absolute atomic E-state index is 12.3. The number of nitrogens with one attached hydrogen (secondary N) is 1. The fourth-order valence-electron chi connectivity index (χ4n) is 2.91. The molecule has 0 unspecified atom stereocenters. The molecule has 0 atom stereocenters. The first-order valence-electron chi connectivity index (χ1n) is 7.80. The minimum Gasteiger partial charge on any atom is -0.451 e. The lowest BCUT2D eigenvalue weighted by Gasteiger charge is -2.12. The van der Waals surface area contributed by atoms with E-state index in [0.717, 1.165) is 42.8 Å². The number of hydrogen-bond acceptors (Lipinski definition) is 3. The third-order valence-corrected chi connectivity index (χ3v) is 4.19. The lowest BCUT2D eigenvalue weighted by molar-refractivity contribution is 0.0762. The summed E-state index contributed by atoms with van der Waals surface area (Å²) in [7, 11) is 0. The zero-order valence-corrected chi connectivity index (χ0v) is 12.7. The fourth-order valence-corrected chi connectivity index (χ4v) is 2.91. The Bertz CT molecular complexity index is 797. The molecule has 23 heavy (non-hydrogen) atoms. The average molecular weight is 307 g/mol. The van der Waals surface area contributed by atoms with Crippen molar-refractivity contribution < 1.29 is 9.21 Å². The number of rotatable bonds is 3. The van der Waals surface area contributed by atoms with E-state index in [-0.39, 0.29) is 5.91 Å². The molecule has 3 heterocycles. The molecule has 2 aromatic heterocycles. The van der Waals surface area contributed by atoms with Crippen LogP contribution in [0.4, 0.5) is 0 Å². The molecule has 0 bridgehead atoms. The second kappa shape index (κ2) is 5.76. The number of likely N-dealkylation sites (tertiary alicyclic amines) is 1. The van der Waals surface area contributed by atoms with Crippen LogP contribution in [0, 0.1) is 0 Å². The Morgan fingerprint density at radius 1 is 1.00 bits per heavy atom. The van der Waals surface area contributed by atoms with E-state index in [1.54, 1.807) is 12.3 Å². The predicted molar refractivity (Wildman–Crippen MR) is 86.9 cm³/mol. The van der Waals surface area contributed by atoms with Crippen molar-refractivity contribution in [3.05, 3.63) is 54.4 Å². The van der Waals surface area contributed by atoms with Crippen molar-refractivity contribution in [2.45, 2.75) is 12.8 Å². The number of aromatic amines is 1. The molecular formula is C18H17N3O2. The SMILES string of the molecule is O=C(c1ccc(-c2ccc(-c3ccn[nH]3)cc2)o1)N1CCCC1. The maximum atomic E-state index is 12.3. The van der Waals surface area contributed by atoms with E-state index in [4.69, 9.17) is 4.42 Å². The van der Waals surface area contributed by atoms with E-state index in [2.05, 4.69) is 10.2 Å². The first-order chi connectivity index (χ1) is 11.3. The summed E-state index contributed by atoms with van der Waals surface area (Å²) in [5.74, 6) is 1.12. The van der Waals surface area contributed by atoms with E-state index in [1.165, 1.54) is 0 Å². The van der Waals surface area contributed by atoms with Crippen molar-refractivity contribution in [3.8, 4) is 22.6 Å². The van der Waals surface area contributed by atoms with E-state index >= 15 is 0 Å². The van der Waals surface area contributed by atoms with Crippen molar-refractivity contribution >= 4 is 5.91 Å². The van der Waals surface area contributed by atoms with E-state index in [1.807, 2.05) is 41.3 Å². The number of nitrogens with zero attached hydrogens (tertiary/aromatic N) is 2. The molecule has 3 aromatic rings. The smallest absolute Gasteiger partial charge is 0.289 e. The van der Waals surface area contributed by atoms with Gasteiger partial charge >= 0.3 is 0 Å². The van der Waals surface area contributed by atoms with Gasteiger partial charge in [-0.2, -0.15) is 5.10 Å². The Kier molecular flexibility index (Phi) is 3.46. The van der Waals surface area contributed by atoms with Crippen LogP contribution >= 0.6 is 0 Å². The van der Waals surface area contributed by atoms with Crippen LogP contribution in [0.1, 0.15) is 23.4 Å². The van der Waals surface area contributed by atoms with Crippen molar-refractivity contribution in [1.29, 1.82) is 0 Å². The molecule has 1 aromatic carbocycles. The summed E-state index contributed by atoms with van der Waals surface area (Å²) in [6, 6.07) is 13.5. The van der Waals surface area contributed by atoms with Crippen LogP contribution in [0.3, 0.4) is 0 Å². The molecular weight excluding hydrogens is 290 g/mol. The van der Waals surface area contributed by atoms with Crippen LogP contribution < -0.4 is 0 Å². The molecule has 1 N–H and O–H groups in total. The van der Waals surface area contributed by atoms with Gasteiger partial charge in [-0.25, -0.2) is 0 Å². The molecule has 5 nitrogen and oxygen atoms in total. The van der Waals surface area contributed by atoms with Gasteiger partial charge in [-0.15, -0.1) is 0 Å². The Labute approximate surface area is 133 Å². The van der Waals surface area contributed by atoms with Gasteiger partial charge in [-0.05, 0) is 36.6 Å². The summed E-state index contributed by atoms with van der Waals surface area (Å²) >= 11 is 0. The monoisotopic (exact) mass is 307 g/mol. The first kappa shape index (κ1) is 13.8. The van der Waals surface area contributed by atoms with Crippen molar-refractivity contribution in [2.75, 3.05) is 13.1 Å². The summed E-state index contributed by atoms with van der Waals surface area (Å²) in [5.41, 5.74) is 2.99. The molecule has 1 aliphatic heterocycles. The van der Waals surface area contributed by atoms with Gasteiger partial charge in [0, 0.05) is 24.8 Å². The normalized spacial score (nSPS) is 14.3. The summed E-state index contributed by atoms with van der Waals surface area (Å²) < 4.78 is 5.76. The van der Waals surface area contributed by atoms with Gasteiger partial charge in [0.2, 0.25) is 0 Å². The molecule has 5 heteroatoms. The highest BCUT2D eigenvalue weighted by Crippen LogP contribution is 2.26. The zero-order chi connectivity index (χ0) is 15.6. The highest BCUT2D eigenvalue weighted by Gasteiger charge is 2.22. The van der Waals surface area contributed by atoms with Gasteiger partial charge in [-0.3, -0.25) is 9.89 Å². The van der Waals surface area contributed by atoms with E-state index in [0.29, 0.717) is 11.5 Å². The molecule has 0 saturated carbocycles. The number of carbonyl (C=O) groups is 1. The number of carbonyl (C=O) groups excluding carboxylic acids is 1. The Morgan fingerprint density at radius 2 is 1.74 bits per heavy atom. The minimum atomic E-state index is -0.0113. The van der Waals surface area contributed by atoms with Crippen LogP contribution in [0.5, 0.6) is 0 Å². The van der Waals surface area contributed by atoms with Gasteiger partial charge < -0.3 is 9.32 Å². The van der Waals surface area contributed by atoms with Crippen LogP contribution in [-0.4, -0.2) is 34.1 Å². The van der Waals surface area contributed by atoms with Gasteiger partial charge in [0.25, 0.3) is 5.91 Å². The lowest BCUT2D eigenvalue weighted by Crippen LogP contribution is -2.27. The first-order valence-corrected chi connectivity index (χ1v) is 7.80. The number of H-pyrrole nitrogens is 1. The molecule has 1 aliphatic rings. The molecule has 1 amide bonds. The van der Waals surface area contributed by atoms with Crippen LogP contribution in [-0.2, 0) is 0 Å². The van der Waals surface area contributed by atoms with Crippen LogP contribution in [0.2, 0.25) is 0 Å². The second-order valence-corrected chi connectivity index (χ2v) is 5.71. The topological polar surface area (TPSA) is 62.1 Å². The molecule has 116 valence electrons. The third-order valence-electron chi connectivity index (χ3n) is 4.19. The summed E-state index contributed by atoms with van der Waals surface area (Å²) in [6.45, 7) is 1.65. The maximum Gasteiger partial charge on any atom is 0.289 e. The number of hydrogen-bond donors (Lipinski definition) is 1. The van der Waals surface area contributed by atoms with E-state index in [9.17, 15) is 4.79 Å². The third kappa shape index (κ3) is 2.65. The van der Waals surface area contributed by atoms with Crippen LogP contribution in [0.15, 0.2) is 53.1 Å². The fraction of sp³-hybridized carbons (Fsp3) is 0.222. The van der Waals surface area contributed by atoms with E-state index < -0.39 is 0 Å². The Balaban J connectivity index is 1.55. The number of amides is 1. The van der Waals surface area contributed by atoms with Crippen molar-refractivity contribution in [3.63, 3.8) is 0 Å². The molecule has 4 rings (SSSR count). The average Bonchev–Trinajstić information content (AvgIpc) is 3.36. The van der Waals surface area contributed by atoms with Gasteiger partial charge in [0.15, 0.2) is 5.76 Å². The molecule has 0 radical (unpaired) electrons. The van der Waals surface area contributed by atoms with Crippen molar-refractivity contribution in [2.24, 2.45) is 0 Å². The zero-order valence-electron chi connectivity index (χ0n) is 12.7. The predicted octanol–water partition coefficient (Wildman–Crippen LogP) is 3.57. The highest BCUT2D eigenvalue weighted by molar-refractivity contribution is 5.92.